The smallest absolute Gasteiger partial charge is 0.244 e. The Hall–Kier alpha value is -2.36. The van der Waals surface area contributed by atoms with Gasteiger partial charge in [0.2, 0.25) is 21.8 Å². The van der Waals surface area contributed by atoms with Crippen LogP contribution in [-0.4, -0.2) is 61.9 Å². The van der Waals surface area contributed by atoms with Crippen molar-refractivity contribution in [2.24, 2.45) is 0 Å². The van der Waals surface area contributed by atoms with Crippen LogP contribution in [0, 0.1) is 6.92 Å². The Morgan fingerprint density at radius 3 is 2.52 bits per heavy atom. The van der Waals surface area contributed by atoms with Gasteiger partial charge in [-0.3, -0.25) is 9.59 Å². The normalized spacial score (nSPS) is 16.8. The number of amides is 2. The second-order valence-corrected chi connectivity index (χ2v) is 10.3. The second-order valence-electron chi connectivity index (χ2n) is 7.53. The topological polar surface area (TPSA) is 86.8 Å². The van der Waals surface area contributed by atoms with Crippen molar-refractivity contribution in [3.05, 3.63) is 54.1 Å². The zero-order valence-corrected chi connectivity index (χ0v) is 19.5. The number of hydrogen-bond acceptors (Lipinski definition) is 5. The Morgan fingerprint density at radius 1 is 1.16 bits per heavy atom. The quantitative estimate of drug-likeness (QED) is 0.641. The third-order valence-electron chi connectivity index (χ3n) is 5.25. The lowest BCUT2D eigenvalue weighted by Crippen LogP contribution is -2.48. The fourth-order valence-electron chi connectivity index (χ4n) is 3.61. The number of carbonyl (C=O) groups is 2. The molecule has 1 N–H and O–H groups in total. The fraction of sp³-hybridized carbons (Fsp3) is 0.364. The molecular formula is C22H27N3O4S2. The minimum absolute atomic E-state index is 0.156. The number of aryl methyl sites for hydroxylation is 1. The number of benzene rings is 2. The molecule has 1 heterocycles. The van der Waals surface area contributed by atoms with Crippen LogP contribution in [-0.2, 0) is 19.6 Å². The summed E-state index contributed by atoms with van der Waals surface area (Å²) >= 11 is 1.52. The molecule has 0 saturated carbocycles. The van der Waals surface area contributed by atoms with Crippen LogP contribution in [0.3, 0.4) is 0 Å². The van der Waals surface area contributed by atoms with E-state index in [1.54, 1.807) is 30.3 Å². The van der Waals surface area contributed by atoms with Crippen molar-refractivity contribution in [3.8, 4) is 0 Å². The van der Waals surface area contributed by atoms with Crippen LogP contribution < -0.4 is 5.32 Å². The number of hydrogen-bond donors (Lipinski definition) is 1. The van der Waals surface area contributed by atoms with Gasteiger partial charge in [-0.2, -0.15) is 4.31 Å². The average Bonchev–Trinajstić information content (AvgIpc) is 3.24. The molecule has 0 radical (unpaired) electrons. The van der Waals surface area contributed by atoms with Crippen molar-refractivity contribution in [1.82, 2.24) is 9.21 Å². The van der Waals surface area contributed by atoms with E-state index in [4.69, 9.17) is 0 Å². The first kappa shape index (κ1) is 23.3. The highest BCUT2D eigenvalue weighted by atomic mass is 32.2. The predicted octanol–water partition coefficient (Wildman–Crippen LogP) is 2.97. The molecule has 166 valence electrons. The van der Waals surface area contributed by atoms with Gasteiger partial charge in [0.25, 0.3) is 0 Å². The Labute approximate surface area is 187 Å². The molecule has 0 unspecified atom stereocenters. The van der Waals surface area contributed by atoms with Crippen LogP contribution in [0.4, 0.5) is 5.69 Å². The van der Waals surface area contributed by atoms with E-state index in [1.807, 2.05) is 31.4 Å². The highest BCUT2D eigenvalue weighted by molar-refractivity contribution is 7.98. The van der Waals surface area contributed by atoms with Crippen molar-refractivity contribution in [1.29, 1.82) is 0 Å². The van der Waals surface area contributed by atoms with Gasteiger partial charge in [0.15, 0.2) is 0 Å². The number of nitrogens with zero attached hydrogens (tertiary/aromatic N) is 2. The molecule has 1 aliphatic heterocycles. The Bertz CT molecular complexity index is 1050. The number of rotatable bonds is 7. The summed E-state index contributed by atoms with van der Waals surface area (Å²) in [6.07, 6.45) is 2.96. The first-order chi connectivity index (χ1) is 14.7. The molecule has 1 atom stereocenters. The van der Waals surface area contributed by atoms with E-state index in [2.05, 4.69) is 5.32 Å². The molecule has 1 fully saturated rings. The molecule has 2 amide bonds. The van der Waals surface area contributed by atoms with Crippen molar-refractivity contribution < 1.29 is 18.0 Å². The molecule has 0 aliphatic carbocycles. The zero-order chi connectivity index (χ0) is 22.6. The van der Waals surface area contributed by atoms with E-state index in [0.717, 1.165) is 10.5 Å². The lowest BCUT2D eigenvalue weighted by molar-refractivity contribution is -0.136. The summed E-state index contributed by atoms with van der Waals surface area (Å²) in [6.45, 7) is 2.01. The maximum absolute atomic E-state index is 13.1. The third kappa shape index (κ3) is 5.28. The average molecular weight is 462 g/mol. The summed E-state index contributed by atoms with van der Waals surface area (Å²) in [5.41, 5.74) is 1.65. The van der Waals surface area contributed by atoms with E-state index in [9.17, 15) is 18.0 Å². The van der Waals surface area contributed by atoms with Gasteiger partial charge in [0, 0.05) is 18.5 Å². The molecule has 7 nitrogen and oxygen atoms in total. The number of likely N-dealkylation sites (N-methyl/N-ethyl adjacent to an activating group) is 1. The number of nitrogens with one attached hydrogen (secondary N) is 1. The van der Waals surface area contributed by atoms with Gasteiger partial charge in [-0.25, -0.2) is 8.42 Å². The lowest BCUT2D eigenvalue weighted by atomic mass is 10.2. The fourth-order valence-corrected chi connectivity index (χ4v) is 5.81. The van der Waals surface area contributed by atoms with Gasteiger partial charge in [0.1, 0.15) is 6.04 Å². The Balaban J connectivity index is 1.69. The van der Waals surface area contributed by atoms with Crippen LogP contribution in [0.1, 0.15) is 18.4 Å². The highest BCUT2D eigenvalue weighted by Gasteiger charge is 2.40. The number of anilines is 1. The van der Waals surface area contributed by atoms with E-state index in [1.165, 1.54) is 28.0 Å². The molecule has 9 heteroatoms. The summed E-state index contributed by atoms with van der Waals surface area (Å²) in [5.74, 6) is -0.704. The molecule has 0 bridgehead atoms. The molecule has 2 aromatic rings. The van der Waals surface area contributed by atoms with E-state index in [0.29, 0.717) is 18.5 Å². The Morgan fingerprint density at radius 2 is 1.84 bits per heavy atom. The van der Waals surface area contributed by atoms with Crippen LogP contribution in [0.5, 0.6) is 0 Å². The number of carbonyl (C=O) groups excluding carboxylic acids is 2. The van der Waals surface area contributed by atoms with Crippen molar-refractivity contribution >= 4 is 39.3 Å². The number of thioether (sulfide) groups is 1. The zero-order valence-electron chi connectivity index (χ0n) is 17.9. The van der Waals surface area contributed by atoms with Crippen molar-refractivity contribution in [2.45, 2.75) is 35.6 Å². The van der Waals surface area contributed by atoms with Gasteiger partial charge in [-0.15, -0.1) is 11.8 Å². The summed E-state index contributed by atoms with van der Waals surface area (Å²) in [7, 11) is -2.26. The molecule has 31 heavy (non-hydrogen) atoms. The largest absolute Gasteiger partial charge is 0.335 e. The Kier molecular flexibility index (Phi) is 7.40. The maximum atomic E-state index is 13.1. The summed E-state index contributed by atoms with van der Waals surface area (Å²) in [6, 6.07) is 13.2. The van der Waals surface area contributed by atoms with E-state index in [-0.39, 0.29) is 29.8 Å². The molecule has 3 rings (SSSR count). The lowest BCUT2D eigenvalue weighted by Gasteiger charge is -2.27. The van der Waals surface area contributed by atoms with Gasteiger partial charge >= 0.3 is 0 Å². The first-order valence-electron chi connectivity index (χ1n) is 10.0. The summed E-state index contributed by atoms with van der Waals surface area (Å²) in [5, 5.41) is 2.82. The molecule has 1 saturated heterocycles. The van der Waals surface area contributed by atoms with Crippen LogP contribution in [0.25, 0.3) is 0 Å². The van der Waals surface area contributed by atoms with E-state index >= 15 is 0 Å². The molecule has 1 aliphatic rings. The number of sulfonamides is 1. The molecule has 0 spiro atoms. The maximum Gasteiger partial charge on any atom is 0.244 e. The number of para-hydroxylation sites is 1. The summed E-state index contributed by atoms with van der Waals surface area (Å²) in [4.78, 5) is 27.9. The van der Waals surface area contributed by atoms with Gasteiger partial charge in [-0.1, -0.05) is 29.8 Å². The van der Waals surface area contributed by atoms with Crippen LogP contribution >= 0.6 is 11.8 Å². The predicted molar refractivity (Wildman–Crippen MR) is 123 cm³/mol. The monoisotopic (exact) mass is 461 g/mol. The van der Waals surface area contributed by atoms with Crippen molar-refractivity contribution in [2.75, 3.05) is 31.7 Å². The minimum Gasteiger partial charge on any atom is -0.335 e. The molecular weight excluding hydrogens is 434 g/mol. The third-order valence-corrected chi connectivity index (χ3v) is 7.97. The van der Waals surface area contributed by atoms with Crippen LogP contribution in [0.2, 0.25) is 0 Å². The summed E-state index contributed by atoms with van der Waals surface area (Å²) < 4.78 is 27.4. The molecule has 2 aromatic carbocycles. The van der Waals surface area contributed by atoms with E-state index < -0.39 is 16.1 Å². The van der Waals surface area contributed by atoms with Gasteiger partial charge in [0.05, 0.1) is 17.1 Å². The van der Waals surface area contributed by atoms with Gasteiger partial charge < -0.3 is 10.2 Å². The van der Waals surface area contributed by atoms with Crippen LogP contribution in [0.15, 0.2) is 58.3 Å². The minimum atomic E-state index is -3.79. The molecule has 0 aromatic heterocycles. The SMILES string of the molecule is CSc1ccccc1NC(=O)CN(C)C(=O)[C@@H]1CCCN1S(=O)(=O)c1ccc(C)cc1. The second kappa shape index (κ2) is 9.84. The first-order valence-corrected chi connectivity index (χ1v) is 12.7. The standard InChI is InChI=1S/C22H27N3O4S2/c1-16-10-12-17(13-11-16)31(28,29)25-14-6-8-19(25)22(27)24(2)15-21(26)23-18-7-4-5-9-20(18)30-3/h4-5,7,9-13,19H,6,8,14-15H2,1-3H3,(H,23,26)/t19-/m0/s1. The van der Waals surface area contributed by atoms with Gasteiger partial charge in [-0.05, 0) is 50.3 Å². The van der Waals surface area contributed by atoms with Crippen molar-refractivity contribution in [3.63, 3.8) is 0 Å². The highest BCUT2D eigenvalue weighted by Crippen LogP contribution is 2.28.